The Balaban J connectivity index is 2.35. The van der Waals surface area contributed by atoms with Crippen molar-refractivity contribution in [2.24, 2.45) is 0 Å². The van der Waals surface area contributed by atoms with Crippen molar-refractivity contribution >= 4 is 45.7 Å². The number of hydrogen-bond acceptors (Lipinski definition) is 6. The van der Waals surface area contributed by atoms with Crippen molar-refractivity contribution in [3.8, 4) is 5.75 Å². The van der Waals surface area contributed by atoms with E-state index in [0.29, 0.717) is 10.5 Å². The van der Waals surface area contributed by atoms with Crippen LogP contribution in [0.1, 0.15) is 12.5 Å². The molecule has 1 aliphatic rings. The van der Waals surface area contributed by atoms with Crippen molar-refractivity contribution in [2.45, 2.75) is 6.92 Å². The van der Waals surface area contributed by atoms with Crippen molar-refractivity contribution in [1.29, 1.82) is 0 Å². The monoisotopic (exact) mass is 308 g/mol. The maximum Gasteiger partial charge on any atom is 0.266 e. The second-order valence-corrected chi connectivity index (χ2v) is 5.78. The summed E-state index contributed by atoms with van der Waals surface area (Å²) in [5.41, 5.74) is 1.44. The van der Waals surface area contributed by atoms with Gasteiger partial charge in [-0.1, -0.05) is 36.1 Å². The molecule has 0 radical (unpaired) electrons. The Labute approximate surface area is 124 Å². The highest BCUT2D eigenvalue weighted by Crippen LogP contribution is 2.36. The van der Waals surface area contributed by atoms with E-state index in [-0.39, 0.29) is 10.1 Å². The number of thiocarbonyl (C=S) groups is 1. The summed E-state index contributed by atoms with van der Waals surface area (Å²) in [5, 5.41) is 19.9. The van der Waals surface area contributed by atoms with Crippen LogP contribution in [0, 0.1) is 0 Å². The fraction of sp³-hybridized carbons (Fsp3) is 0.154. The minimum atomic E-state index is -1.36. The van der Waals surface area contributed by atoms with Crippen LogP contribution < -0.4 is 5.11 Å². The van der Waals surface area contributed by atoms with Gasteiger partial charge in [0.25, 0.3) is 5.91 Å². The molecule has 0 saturated carbocycles. The number of rotatable bonds is 3. The summed E-state index contributed by atoms with van der Waals surface area (Å²) in [4.78, 5) is 24.2. The Morgan fingerprint density at radius 1 is 1.40 bits per heavy atom. The predicted octanol–water partition coefficient (Wildman–Crippen LogP) is 0.733. The van der Waals surface area contributed by atoms with Crippen LogP contribution >= 0.6 is 24.0 Å². The van der Waals surface area contributed by atoms with Crippen molar-refractivity contribution in [2.75, 3.05) is 6.54 Å². The fourth-order valence-electron chi connectivity index (χ4n) is 1.74. The van der Waals surface area contributed by atoms with E-state index in [2.05, 4.69) is 0 Å². The Kier molecular flexibility index (Phi) is 4.10. The number of aliphatic carboxylic acids is 1. The minimum Gasteiger partial charge on any atom is -0.548 e. The first-order valence-electron chi connectivity index (χ1n) is 5.64. The normalized spacial score (nSPS) is 17.6. The highest BCUT2D eigenvalue weighted by atomic mass is 32.2. The number of aromatic hydroxyl groups is 1. The molecule has 0 aromatic heterocycles. The molecule has 0 aliphatic carbocycles. The molecule has 1 N–H and O–H groups in total. The van der Waals surface area contributed by atoms with E-state index in [1.54, 1.807) is 19.1 Å². The molecule has 2 rings (SSSR count). The molecular formula is C13H10NO4S2-. The molecule has 0 atom stereocenters. The summed E-state index contributed by atoms with van der Waals surface area (Å²) in [6, 6.07) is 6.38. The smallest absolute Gasteiger partial charge is 0.266 e. The minimum absolute atomic E-state index is 0.131. The Morgan fingerprint density at radius 2 is 2.00 bits per heavy atom. The van der Waals surface area contributed by atoms with E-state index in [0.717, 1.165) is 22.2 Å². The maximum atomic E-state index is 12.2. The van der Waals surface area contributed by atoms with Gasteiger partial charge in [-0.15, -0.1) is 0 Å². The zero-order valence-electron chi connectivity index (χ0n) is 10.5. The number of benzene rings is 1. The molecule has 5 nitrogen and oxygen atoms in total. The predicted molar refractivity (Wildman–Crippen MR) is 77.6 cm³/mol. The average molecular weight is 308 g/mol. The number of carbonyl (C=O) groups is 2. The Morgan fingerprint density at radius 3 is 2.55 bits per heavy atom. The number of amides is 1. The van der Waals surface area contributed by atoms with Gasteiger partial charge in [-0.05, 0) is 30.2 Å². The lowest BCUT2D eigenvalue weighted by Crippen LogP contribution is -2.40. The van der Waals surface area contributed by atoms with E-state index < -0.39 is 18.4 Å². The van der Waals surface area contributed by atoms with E-state index >= 15 is 0 Å². The number of nitrogens with zero attached hydrogens (tertiary/aromatic N) is 1. The van der Waals surface area contributed by atoms with Gasteiger partial charge in [-0.3, -0.25) is 9.69 Å². The van der Waals surface area contributed by atoms with E-state index in [4.69, 9.17) is 12.2 Å². The van der Waals surface area contributed by atoms with Gasteiger partial charge in [-0.2, -0.15) is 0 Å². The highest BCUT2D eigenvalue weighted by molar-refractivity contribution is 8.26. The molecule has 104 valence electrons. The summed E-state index contributed by atoms with van der Waals surface area (Å²) < 4.78 is 0.201. The van der Waals surface area contributed by atoms with Crippen LogP contribution in [0.15, 0.2) is 29.2 Å². The molecule has 1 saturated heterocycles. The van der Waals surface area contributed by atoms with Crippen LogP contribution in [0.3, 0.4) is 0 Å². The van der Waals surface area contributed by atoms with Gasteiger partial charge in [0.1, 0.15) is 10.1 Å². The molecule has 0 spiro atoms. The number of hydrogen-bond donors (Lipinski definition) is 1. The largest absolute Gasteiger partial charge is 0.548 e. The summed E-state index contributed by atoms with van der Waals surface area (Å²) in [6.07, 6.45) is 0. The van der Waals surface area contributed by atoms with E-state index in [9.17, 15) is 19.8 Å². The number of carboxylic acids is 1. The summed E-state index contributed by atoms with van der Waals surface area (Å²) in [7, 11) is 0. The molecule has 20 heavy (non-hydrogen) atoms. The first-order chi connectivity index (χ1) is 9.40. The lowest BCUT2D eigenvalue weighted by atomic mass is 10.1. The fourth-order valence-corrected chi connectivity index (χ4v) is 3.03. The van der Waals surface area contributed by atoms with Crippen molar-refractivity contribution in [3.05, 3.63) is 34.7 Å². The van der Waals surface area contributed by atoms with Gasteiger partial charge < -0.3 is 15.0 Å². The summed E-state index contributed by atoms with van der Waals surface area (Å²) in [6.45, 7) is 1.20. The van der Waals surface area contributed by atoms with Crippen LogP contribution in [0.25, 0.3) is 5.57 Å². The number of allylic oxidation sites excluding steroid dienone is 1. The standard InChI is InChI=1S/C13H11NO4S2/c1-7(8-2-4-9(15)5-3-8)11-12(18)14(6-10(16)17)13(19)20-11/h2-5,15H,6H2,1H3,(H,16,17)/p-1/b11-7-. The average Bonchev–Trinajstić information content (AvgIpc) is 2.66. The van der Waals surface area contributed by atoms with Crippen LogP contribution in [-0.4, -0.2) is 32.7 Å². The molecule has 0 bridgehead atoms. The van der Waals surface area contributed by atoms with Gasteiger partial charge in [0.2, 0.25) is 0 Å². The van der Waals surface area contributed by atoms with E-state index in [1.807, 2.05) is 0 Å². The summed E-state index contributed by atoms with van der Waals surface area (Å²) >= 11 is 6.07. The number of carbonyl (C=O) groups excluding carboxylic acids is 2. The maximum absolute atomic E-state index is 12.2. The molecule has 1 aromatic carbocycles. The van der Waals surface area contributed by atoms with Crippen LogP contribution in [0.2, 0.25) is 0 Å². The molecule has 1 amide bonds. The molecule has 1 heterocycles. The van der Waals surface area contributed by atoms with Gasteiger partial charge in [0, 0.05) is 0 Å². The Hall–Kier alpha value is -1.86. The lowest BCUT2D eigenvalue weighted by Gasteiger charge is -2.14. The van der Waals surface area contributed by atoms with Gasteiger partial charge in [-0.25, -0.2) is 0 Å². The second kappa shape index (κ2) is 5.64. The van der Waals surface area contributed by atoms with Gasteiger partial charge in [0.05, 0.1) is 17.4 Å². The molecule has 0 unspecified atom stereocenters. The topological polar surface area (TPSA) is 80.7 Å². The number of phenolic OH excluding ortho intramolecular Hbond substituents is 1. The van der Waals surface area contributed by atoms with E-state index in [1.165, 1.54) is 12.1 Å². The molecule has 7 heteroatoms. The van der Waals surface area contributed by atoms with Crippen LogP contribution in [0.4, 0.5) is 0 Å². The van der Waals surface area contributed by atoms with Gasteiger partial charge >= 0.3 is 0 Å². The SMILES string of the molecule is C/C(=C1/SC(=S)N(CC(=O)[O-])C1=O)c1ccc(O)cc1. The van der Waals surface area contributed by atoms with Crippen LogP contribution in [-0.2, 0) is 9.59 Å². The number of carboxylic acid groups (broad SMARTS) is 1. The number of thioether (sulfide) groups is 1. The molecular weight excluding hydrogens is 298 g/mol. The van der Waals surface area contributed by atoms with Crippen molar-refractivity contribution < 1.29 is 19.8 Å². The summed E-state index contributed by atoms with van der Waals surface area (Å²) in [5.74, 6) is -1.66. The van der Waals surface area contributed by atoms with Crippen molar-refractivity contribution in [3.63, 3.8) is 0 Å². The Bertz CT molecular complexity index is 622. The lowest BCUT2D eigenvalue weighted by molar-refractivity contribution is -0.305. The zero-order valence-corrected chi connectivity index (χ0v) is 12.1. The first kappa shape index (κ1) is 14.5. The zero-order chi connectivity index (χ0) is 14.9. The third kappa shape index (κ3) is 2.83. The third-order valence-corrected chi connectivity index (χ3v) is 4.33. The second-order valence-electron chi connectivity index (χ2n) is 4.13. The molecule has 1 fully saturated rings. The van der Waals surface area contributed by atoms with Crippen LogP contribution in [0.5, 0.6) is 5.75 Å². The number of phenols is 1. The quantitative estimate of drug-likeness (QED) is 0.655. The van der Waals surface area contributed by atoms with Gasteiger partial charge in [0.15, 0.2) is 0 Å². The molecule has 1 aliphatic heterocycles. The van der Waals surface area contributed by atoms with Crippen molar-refractivity contribution in [1.82, 2.24) is 4.90 Å². The molecule has 1 aromatic rings. The third-order valence-electron chi connectivity index (χ3n) is 2.78. The first-order valence-corrected chi connectivity index (χ1v) is 6.86. The highest BCUT2D eigenvalue weighted by Gasteiger charge is 2.33.